The van der Waals surface area contributed by atoms with Gasteiger partial charge in [0, 0.05) is 22.9 Å². The van der Waals surface area contributed by atoms with Crippen molar-refractivity contribution in [1.82, 2.24) is 0 Å². The maximum absolute atomic E-state index is 5.51. The molecule has 0 fully saturated rings. The van der Waals surface area contributed by atoms with Gasteiger partial charge in [0.25, 0.3) is 0 Å². The van der Waals surface area contributed by atoms with Crippen LogP contribution in [0.25, 0.3) is 11.1 Å². The van der Waals surface area contributed by atoms with Crippen molar-refractivity contribution in [2.45, 2.75) is 26.3 Å². The van der Waals surface area contributed by atoms with Crippen molar-refractivity contribution < 1.29 is 9.47 Å². The second-order valence-electron chi connectivity index (χ2n) is 7.12. The number of methoxy groups -OCH3 is 2. The van der Waals surface area contributed by atoms with Crippen LogP contribution in [-0.2, 0) is 5.54 Å². The molecule has 0 aliphatic carbocycles. The summed E-state index contributed by atoms with van der Waals surface area (Å²) in [5.41, 5.74) is 5.46. The van der Waals surface area contributed by atoms with E-state index in [0.29, 0.717) is 0 Å². The monoisotopic (exact) mass is 398 g/mol. The van der Waals surface area contributed by atoms with E-state index in [2.05, 4.69) is 44.3 Å². The predicted molar refractivity (Wildman–Crippen MR) is 114 cm³/mol. The smallest absolute Gasteiger partial charge is 0.144 e. The van der Waals surface area contributed by atoms with Crippen molar-refractivity contribution in [1.29, 1.82) is 0 Å². The van der Waals surface area contributed by atoms with Crippen LogP contribution in [0.5, 0.6) is 11.5 Å². The summed E-state index contributed by atoms with van der Waals surface area (Å²) in [5.74, 6) is 1.50. The van der Waals surface area contributed by atoms with Gasteiger partial charge in [-0.05, 0) is 45.0 Å². The van der Waals surface area contributed by atoms with E-state index < -0.39 is 0 Å². The number of ether oxygens (including phenoxy) is 2. The van der Waals surface area contributed by atoms with Crippen LogP contribution in [0.3, 0.4) is 0 Å². The molecule has 1 aliphatic heterocycles. The third-order valence-electron chi connectivity index (χ3n) is 4.71. The standard InChI is InChI=1S/C21H22N2O2S2/c1-12-6-8-15-14(10-12)18-19(21(2,3)23-15)26-27-20(18)22-16-11-13(24-4)7-9-17(16)25-5/h6-11,23H,1-5H3. The molecule has 27 heavy (non-hydrogen) atoms. The zero-order valence-corrected chi connectivity index (χ0v) is 17.7. The fourth-order valence-electron chi connectivity index (χ4n) is 3.35. The molecular formula is C21H22N2O2S2. The number of anilines is 1. The average Bonchev–Trinajstić information content (AvgIpc) is 3.07. The SMILES string of the molecule is COc1ccc(OC)c(N=c2ssc3c2-c2cc(C)ccc2NC3(C)C)c1. The number of hydrogen-bond acceptors (Lipinski definition) is 6. The molecule has 4 nitrogen and oxygen atoms in total. The molecule has 0 amide bonds. The molecule has 0 saturated carbocycles. The molecule has 4 rings (SSSR count). The van der Waals surface area contributed by atoms with E-state index in [4.69, 9.17) is 14.5 Å². The highest BCUT2D eigenvalue weighted by molar-refractivity contribution is 7.68. The van der Waals surface area contributed by atoms with Crippen molar-refractivity contribution in [2.75, 3.05) is 19.5 Å². The Morgan fingerprint density at radius 3 is 2.56 bits per heavy atom. The maximum Gasteiger partial charge on any atom is 0.144 e. The summed E-state index contributed by atoms with van der Waals surface area (Å²) in [4.78, 5) is 6.30. The first kappa shape index (κ1) is 18.1. The quantitative estimate of drug-likeness (QED) is 0.576. The van der Waals surface area contributed by atoms with Crippen LogP contribution in [0.2, 0.25) is 0 Å². The van der Waals surface area contributed by atoms with Crippen LogP contribution in [-0.4, -0.2) is 14.2 Å². The van der Waals surface area contributed by atoms with E-state index in [1.54, 1.807) is 34.9 Å². The minimum Gasteiger partial charge on any atom is -0.497 e. The largest absolute Gasteiger partial charge is 0.497 e. The van der Waals surface area contributed by atoms with Gasteiger partial charge in [-0.3, -0.25) is 0 Å². The Balaban J connectivity index is 1.99. The molecule has 0 bridgehead atoms. The van der Waals surface area contributed by atoms with Crippen molar-refractivity contribution in [3.63, 3.8) is 0 Å². The van der Waals surface area contributed by atoms with Crippen LogP contribution >= 0.6 is 20.7 Å². The summed E-state index contributed by atoms with van der Waals surface area (Å²) in [6, 6.07) is 12.2. The zero-order valence-electron chi connectivity index (χ0n) is 16.0. The second-order valence-corrected chi connectivity index (χ2v) is 9.25. The minimum absolute atomic E-state index is 0.134. The van der Waals surface area contributed by atoms with Crippen LogP contribution < -0.4 is 19.5 Å². The first-order chi connectivity index (χ1) is 12.9. The van der Waals surface area contributed by atoms with E-state index in [9.17, 15) is 0 Å². The van der Waals surface area contributed by atoms with Crippen molar-refractivity contribution in [2.24, 2.45) is 4.99 Å². The fraction of sp³-hybridized carbons (Fsp3) is 0.286. The molecule has 6 heteroatoms. The van der Waals surface area contributed by atoms with Crippen LogP contribution in [0, 0.1) is 6.92 Å². The van der Waals surface area contributed by atoms with E-state index in [1.165, 1.54) is 21.6 Å². The second kappa shape index (κ2) is 6.69. The van der Waals surface area contributed by atoms with Gasteiger partial charge >= 0.3 is 0 Å². The topological polar surface area (TPSA) is 42.9 Å². The number of hydrogen-bond donors (Lipinski definition) is 1. The molecule has 2 heterocycles. The van der Waals surface area contributed by atoms with Gasteiger partial charge in [-0.25, -0.2) is 4.99 Å². The first-order valence-corrected chi connectivity index (χ1v) is 10.9. The summed E-state index contributed by atoms with van der Waals surface area (Å²) in [5, 5.41) is 3.67. The highest BCUT2D eigenvalue weighted by Crippen LogP contribution is 2.45. The van der Waals surface area contributed by atoms with E-state index in [1.807, 2.05) is 18.2 Å². The number of aryl methyl sites for hydroxylation is 1. The van der Waals surface area contributed by atoms with Crippen LogP contribution in [0.15, 0.2) is 41.4 Å². The lowest BCUT2D eigenvalue weighted by Gasteiger charge is -2.33. The molecule has 0 atom stereocenters. The van der Waals surface area contributed by atoms with Gasteiger partial charge in [-0.2, -0.15) is 0 Å². The average molecular weight is 399 g/mol. The summed E-state index contributed by atoms with van der Waals surface area (Å²) >= 11 is 0. The third kappa shape index (κ3) is 3.13. The molecule has 0 unspecified atom stereocenters. The normalized spacial score (nSPS) is 14.9. The Bertz CT molecular complexity index is 1080. The summed E-state index contributed by atoms with van der Waals surface area (Å²) in [6.45, 7) is 6.55. The highest BCUT2D eigenvalue weighted by atomic mass is 32.9. The summed E-state index contributed by atoms with van der Waals surface area (Å²) in [6.07, 6.45) is 0. The van der Waals surface area contributed by atoms with Gasteiger partial charge in [0.2, 0.25) is 0 Å². The Kier molecular flexibility index (Phi) is 4.48. The first-order valence-electron chi connectivity index (χ1n) is 8.72. The Labute approximate surface area is 166 Å². The van der Waals surface area contributed by atoms with Gasteiger partial charge in [0.15, 0.2) is 0 Å². The lowest BCUT2D eigenvalue weighted by atomic mass is 9.89. The highest BCUT2D eigenvalue weighted by Gasteiger charge is 2.33. The zero-order chi connectivity index (χ0) is 19.2. The Morgan fingerprint density at radius 1 is 1.00 bits per heavy atom. The predicted octanol–water partition coefficient (Wildman–Crippen LogP) is 5.70. The molecule has 140 valence electrons. The van der Waals surface area contributed by atoms with E-state index in [0.717, 1.165) is 27.5 Å². The number of nitrogens with zero attached hydrogens (tertiary/aromatic N) is 1. The summed E-state index contributed by atoms with van der Waals surface area (Å²) < 4.78 is 11.9. The number of benzene rings is 2. The molecule has 0 radical (unpaired) electrons. The number of fused-ring (bicyclic) bond motifs is 3. The Hall–Kier alpha value is -2.31. The molecule has 1 aliphatic rings. The molecule has 3 aromatic rings. The fourth-order valence-corrected chi connectivity index (χ4v) is 6.28. The molecule has 1 aromatic heterocycles. The lowest BCUT2D eigenvalue weighted by Crippen LogP contribution is -2.31. The number of nitrogens with one attached hydrogen (secondary N) is 1. The van der Waals surface area contributed by atoms with E-state index in [-0.39, 0.29) is 5.54 Å². The van der Waals surface area contributed by atoms with E-state index >= 15 is 0 Å². The Morgan fingerprint density at radius 2 is 1.81 bits per heavy atom. The lowest BCUT2D eigenvalue weighted by molar-refractivity contribution is 0.404. The van der Waals surface area contributed by atoms with Crippen molar-refractivity contribution >= 4 is 32.1 Å². The van der Waals surface area contributed by atoms with Gasteiger partial charge in [0.1, 0.15) is 21.9 Å². The molecule has 1 N–H and O–H groups in total. The van der Waals surface area contributed by atoms with Crippen molar-refractivity contribution in [3.8, 4) is 22.6 Å². The third-order valence-corrected chi connectivity index (χ3v) is 7.35. The molecule has 2 aromatic carbocycles. The summed E-state index contributed by atoms with van der Waals surface area (Å²) in [7, 11) is 6.81. The molecular weight excluding hydrogens is 376 g/mol. The van der Waals surface area contributed by atoms with Crippen LogP contribution in [0.1, 0.15) is 24.3 Å². The van der Waals surface area contributed by atoms with Gasteiger partial charge in [-0.1, -0.05) is 32.3 Å². The van der Waals surface area contributed by atoms with Crippen LogP contribution in [0.4, 0.5) is 11.4 Å². The van der Waals surface area contributed by atoms with Crippen molar-refractivity contribution in [3.05, 3.63) is 51.5 Å². The maximum atomic E-state index is 5.51. The molecule has 0 saturated heterocycles. The molecule has 0 spiro atoms. The van der Waals surface area contributed by atoms with Gasteiger partial charge in [0.05, 0.1) is 24.6 Å². The van der Waals surface area contributed by atoms with Gasteiger partial charge in [-0.15, -0.1) is 0 Å². The minimum atomic E-state index is -0.134. The van der Waals surface area contributed by atoms with Gasteiger partial charge < -0.3 is 14.8 Å². The number of rotatable bonds is 3.